The van der Waals surface area contributed by atoms with E-state index in [1.165, 1.54) is 0 Å². The van der Waals surface area contributed by atoms with Gasteiger partial charge in [0, 0.05) is 6.42 Å². The van der Waals surface area contributed by atoms with Crippen LogP contribution in [0.3, 0.4) is 0 Å². The van der Waals surface area contributed by atoms with Crippen molar-refractivity contribution in [3.8, 4) is 0 Å². The van der Waals surface area contributed by atoms with Gasteiger partial charge >= 0.3 is 5.97 Å². The summed E-state index contributed by atoms with van der Waals surface area (Å²) in [5.41, 5.74) is 5.57. The van der Waals surface area contributed by atoms with E-state index in [0.717, 1.165) is 0 Å². The zero-order valence-electron chi connectivity index (χ0n) is 11.3. The van der Waals surface area contributed by atoms with Crippen LogP contribution in [-0.4, -0.2) is 39.3 Å². The molecule has 20 heavy (non-hydrogen) atoms. The van der Waals surface area contributed by atoms with E-state index < -0.39 is 24.0 Å². The van der Waals surface area contributed by atoms with E-state index in [0.29, 0.717) is 19.3 Å². The third kappa shape index (κ3) is 8.15. The third-order valence-electron chi connectivity index (χ3n) is 2.74. The molecule has 0 rings (SSSR count). The maximum Gasteiger partial charge on any atom is 0.303 e. The molecule has 7 nitrogen and oxygen atoms in total. The number of nitrogens with one attached hydrogen (secondary N) is 1. The normalized spacial score (nSPS) is 13.2. The van der Waals surface area contributed by atoms with Crippen LogP contribution < -0.4 is 11.1 Å². The van der Waals surface area contributed by atoms with Crippen molar-refractivity contribution in [2.45, 2.75) is 44.2 Å². The maximum atomic E-state index is 11.5. The van der Waals surface area contributed by atoms with E-state index in [2.05, 4.69) is 18.5 Å². The highest BCUT2D eigenvalue weighted by molar-refractivity contribution is 5.80. The first-order valence-corrected chi connectivity index (χ1v) is 6.26. The van der Waals surface area contributed by atoms with E-state index in [1.54, 1.807) is 0 Å². The average molecular weight is 286 g/mol. The lowest BCUT2D eigenvalue weighted by Gasteiger charge is -2.18. The molecule has 0 aliphatic heterocycles. The highest BCUT2D eigenvalue weighted by Gasteiger charge is 2.16. The molecule has 0 aromatic heterocycles. The van der Waals surface area contributed by atoms with Gasteiger partial charge in [-0.1, -0.05) is 13.2 Å². The van der Waals surface area contributed by atoms with Gasteiger partial charge in [0.1, 0.15) is 11.5 Å². The number of nitrogens with two attached hydrogens (primary N) is 1. The van der Waals surface area contributed by atoms with E-state index in [9.17, 15) is 14.7 Å². The topological polar surface area (TPSA) is 133 Å². The fourth-order valence-electron chi connectivity index (χ4n) is 1.52. The summed E-state index contributed by atoms with van der Waals surface area (Å²) in [7, 11) is 0. The summed E-state index contributed by atoms with van der Waals surface area (Å²) in [6.07, 6.45) is 0.932. The summed E-state index contributed by atoms with van der Waals surface area (Å²) in [4.78, 5) is 21.8. The van der Waals surface area contributed by atoms with Crippen LogP contribution in [-0.2, 0) is 9.59 Å². The molecule has 0 heterocycles. The van der Waals surface area contributed by atoms with Crippen molar-refractivity contribution in [3.63, 3.8) is 0 Å². The zero-order valence-corrected chi connectivity index (χ0v) is 11.3. The number of amides is 1. The van der Waals surface area contributed by atoms with Crippen molar-refractivity contribution in [1.82, 2.24) is 5.32 Å². The number of hydrogen-bond donors (Lipinski definition) is 5. The molecule has 0 fully saturated rings. The first-order valence-electron chi connectivity index (χ1n) is 6.26. The van der Waals surface area contributed by atoms with E-state index in [-0.39, 0.29) is 24.4 Å². The Labute approximate surface area is 117 Å². The largest absolute Gasteiger partial charge is 0.511 e. The molecular weight excluding hydrogens is 264 g/mol. The molecule has 0 aromatic carbocycles. The van der Waals surface area contributed by atoms with Gasteiger partial charge < -0.3 is 26.4 Å². The number of carbonyl (C=O) groups excluding carboxylic acids is 1. The van der Waals surface area contributed by atoms with Gasteiger partial charge in [-0.3, -0.25) is 9.59 Å². The number of carboxylic acid groups (broad SMARTS) is 1. The fourth-order valence-corrected chi connectivity index (χ4v) is 1.52. The molecule has 0 spiro atoms. The number of aliphatic carboxylic acids is 1. The van der Waals surface area contributed by atoms with Crippen LogP contribution in [0.25, 0.3) is 0 Å². The Hall–Kier alpha value is -2.02. The maximum absolute atomic E-state index is 11.5. The highest BCUT2D eigenvalue weighted by Crippen LogP contribution is 2.10. The molecule has 0 saturated heterocycles. The lowest BCUT2D eigenvalue weighted by molar-refractivity contribution is -0.138. The van der Waals surface area contributed by atoms with Crippen LogP contribution >= 0.6 is 0 Å². The van der Waals surface area contributed by atoms with Crippen LogP contribution in [0, 0.1) is 0 Å². The molecule has 2 atom stereocenters. The molecule has 6 N–H and O–H groups in total. The minimum absolute atomic E-state index is 0.116. The standard InChI is InChI=1S/C13H22N2O5/c1-8(16)10(14)4-3-5-11(9(2)17)15-12(18)6-7-13(19)20/h10-11,16-17H,1-7,14H2,(H,15,18)(H,19,20)/t10-,11-/m0/s1. The minimum Gasteiger partial charge on any atom is -0.511 e. The third-order valence-corrected chi connectivity index (χ3v) is 2.74. The molecule has 0 radical (unpaired) electrons. The Morgan fingerprint density at radius 3 is 2.10 bits per heavy atom. The Morgan fingerprint density at radius 2 is 1.65 bits per heavy atom. The highest BCUT2D eigenvalue weighted by atomic mass is 16.4. The van der Waals surface area contributed by atoms with Crippen LogP contribution in [0.15, 0.2) is 24.7 Å². The molecule has 1 amide bonds. The zero-order chi connectivity index (χ0) is 15.7. The summed E-state index contributed by atoms with van der Waals surface area (Å²) < 4.78 is 0. The molecule has 7 heteroatoms. The Kier molecular flexibility index (Phi) is 8.07. The van der Waals surface area contributed by atoms with Crippen LogP contribution in [0.5, 0.6) is 0 Å². The summed E-state index contributed by atoms with van der Waals surface area (Å²) in [5, 5.41) is 29.4. The molecule has 0 bridgehead atoms. The van der Waals surface area contributed by atoms with Gasteiger partial charge in [-0.05, 0) is 19.3 Å². The first kappa shape index (κ1) is 18.0. The lowest BCUT2D eigenvalue weighted by atomic mass is 10.0. The fraction of sp³-hybridized carbons (Fsp3) is 0.538. The second-order valence-electron chi connectivity index (χ2n) is 4.53. The molecule has 0 unspecified atom stereocenters. The molecule has 114 valence electrons. The second-order valence-corrected chi connectivity index (χ2v) is 4.53. The van der Waals surface area contributed by atoms with Gasteiger partial charge in [0.25, 0.3) is 0 Å². The predicted octanol–water partition coefficient (Wildman–Crippen LogP) is 0.977. The minimum atomic E-state index is -1.06. The SMILES string of the molecule is C=C(O)[C@H](CCC[C@H](N)C(=C)O)NC(=O)CCC(=O)O. The van der Waals surface area contributed by atoms with Gasteiger partial charge in [-0.15, -0.1) is 0 Å². The van der Waals surface area contributed by atoms with E-state index in [1.807, 2.05) is 0 Å². The van der Waals surface area contributed by atoms with Crippen LogP contribution in [0.1, 0.15) is 32.1 Å². The quantitative estimate of drug-likeness (QED) is 0.380. The number of aliphatic hydroxyl groups excluding tert-OH is 2. The number of carbonyl (C=O) groups is 2. The van der Waals surface area contributed by atoms with Gasteiger partial charge in [0.2, 0.25) is 5.91 Å². The van der Waals surface area contributed by atoms with E-state index in [4.69, 9.17) is 15.9 Å². The van der Waals surface area contributed by atoms with Crippen molar-refractivity contribution >= 4 is 11.9 Å². The lowest BCUT2D eigenvalue weighted by Crippen LogP contribution is -2.36. The summed E-state index contributed by atoms with van der Waals surface area (Å²) in [5.74, 6) is -1.85. The molecule has 0 aliphatic rings. The molecule has 0 aromatic rings. The van der Waals surface area contributed by atoms with Crippen molar-refractivity contribution in [3.05, 3.63) is 24.7 Å². The molecular formula is C13H22N2O5. The van der Waals surface area contributed by atoms with Gasteiger partial charge in [0.05, 0.1) is 18.5 Å². The van der Waals surface area contributed by atoms with Gasteiger partial charge in [-0.2, -0.15) is 0 Å². The summed E-state index contributed by atoms with van der Waals surface area (Å²) in [6, 6.07) is -1.21. The smallest absolute Gasteiger partial charge is 0.303 e. The first-order chi connectivity index (χ1) is 9.23. The van der Waals surface area contributed by atoms with Gasteiger partial charge in [0.15, 0.2) is 0 Å². The number of hydrogen-bond acceptors (Lipinski definition) is 5. The second kappa shape index (κ2) is 8.98. The Balaban J connectivity index is 4.17. The van der Waals surface area contributed by atoms with Crippen molar-refractivity contribution in [2.75, 3.05) is 0 Å². The number of rotatable bonds is 10. The van der Waals surface area contributed by atoms with Gasteiger partial charge in [-0.25, -0.2) is 0 Å². The van der Waals surface area contributed by atoms with Crippen LogP contribution in [0.4, 0.5) is 0 Å². The van der Waals surface area contributed by atoms with Crippen molar-refractivity contribution in [1.29, 1.82) is 0 Å². The Bertz CT molecular complexity index is 381. The number of carboxylic acids is 1. The Morgan fingerprint density at radius 1 is 1.05 bits per heavy atom. The van der Waals surface area contributed by atoms with E-state index >= 15 is 0 Å². The average Bonchev–Trinajstić information content (AvgIpc) is 2.34. The number of aliphatic hydroxyl groups is 2. The van der Waals surface area contributed by atoms with Crippen molar-refractivity contribution < 1.29 is 24.9 Å². The summed E-state index contributed by atoms with van der Waals surface area (Å²) in [6.45, 7) is 6.68. The monoisotopic (exact) mass is 286 g/mol. The van der Waals surface area contributed by atoms with Crippen molar-refractivity contribution in [2.24, 2.45) is 5.73 Å². The predicted molar refractivity (Wildman–Crippen MR) is 74.2 cm³/mol. The molecule has 0 aliphatic carbocycles. The van der Waals surface area contributed by atoms with Crippen LogP contribution in [0.2, 0.25) is 0 Å². The summed E-state index contributed by atoms with van der Waals surface area (Å²) >= 11 is 0. The molecule has 0 saturated carbocycles.